The van der Waals surface area contributed by atoms with Crippen molar-refractivity contribution in [2.45, 2.75) is 31.2 Å². The van der Waals surface area contributed by atoms with E-state index < -0.39 is 0 Å². The van der Waals surface area contributed by atoms with E-state index in [1.54, 1.807) is 14.0 Å². The van der Waals surface area contributed by atoms with Crippen molar-refractivity contribution >= 4 is 33.3 Å². The van der Waals surface area contributed by atoms with Crippen LogP contribution in [0.1, 0.15) is 18.1 Å². The van der Waals surface area contributed by atoms with E-state index in [2.05, 4.69) is 37.0 Å². The quantitative estimate of drug-likeness (QED) is 0.520. The molecule has 2 heterocycles. The second-order valence-electron chi connectivity index (χ2n) is 5.78. The van der Waals surface area contributed by atoms with Gasteiger partial charge in [-0.2, -0.15) is 5.26 Å². The Balaban J connectivity index is 2.20. The molecule has 3 aromatic rings. The molecule has 0 N–H and O–H groups in total. The van der Waals surface area contributed by atoms with Crippen LogP contribution in [-0.2, 0) is 7.05 Å². The molecule has 0 unspecified atom stereocenters. The molecule has 24 heavy (non-hydrogen) atoms. The summed E-state index contributed by atoms with van der Waals surface area (Å²) in [6, 6.07) is 8.39. The first kappa shape index (κ1) is 16.7. The molecule has 4 nitrogen and oxygen atoms in total. The molecule has 122 valence electrons. The van der Waals surface area contributed by atoms with Gasteiger partial charge in [-0.1, -0.05) is 30.0 Å². The molecule has 2 aromatic heterocycles. The highest BCUT2D eigenvalue weighted by atomic mass is 32.2. The van der Waals surface area contributed by atoms with Crippen LogP contribution < -0.4 is 5.56 Å². The molecule has 0 aliphatic carbocycles. The van der Waals surface area contributed by atoms with E-state index in [0.717, 1.165) is 16.0 Å². The van der Waals surface area contributed by atoms with Gasteiger partial charge in [0.1, 0.15) is 4.83 Å². The van der Waals surface area contributed by atoms with E-state index in [4.69, 9.17) is 5.26 Å². The Morgan fingerprint density at radius 3 is 2.75 bits per heavy atom. The number of thioether (sulfide) groups is 1. The van der Waals surface area contributed by atoms with Crippen LogP contribution >= 0.6 is 23.1 Å². The first-order valence-electron chi connectivity index (χ1n) is 7.54. The van der Waals surface area contributed by atoms with Gasteiger partial charge in [0.2, 0.25) is 0 Å². The SMILES string of the molecule is Cc1ccc(-c2csc3nc(S[C@@H](C)C#N)n(C)c(=O)c23)cc1C. The Hall–Kier alpha value is -2.10. The lowest BCUT2D eigenvalue weighted by Crippen LogP contribution is -2.20. The third-order valence-corrected chi connectivity index (χ3v) is 5.96. The van der Waals surface area contributed by atoms with E-state index in [-0.39, 0.29) is 10.8 Å². The first-order chi connectivity index (χ1) is 11.4. The number of thiophene rings is 1. The number of fused-ring (bicyclic) bond motifs is 1. The summed E-state index contributed by atoms with van der Waals surface area (Å²) in [6.07, 6.45) is 0. The minimum Gasteiger partial charge on any atom is -0.290 e. The molecule has 0 bridgehead atoms. The van der Waals surface area contributed by atoms with Crippen molar-refractivity contribution < 1.29 is 0 Å². The molecule has 0 spiro atoms. The summed E-state index contributed by atoms with van der Waals surface area (Å²) in [5.74, 6) is 0. The molecule has 1 aromatic carbocycles. The number of aryl methyl sites for hydroxylation is 2. The summed E-state index contributed by atoms with van der Waals surface area (Å²) in [4.78, 5) is 18.2. The zero-order valence-corrected chi connectivity index (χ0v) is 15.6. The summed E-state index contributed by atoms with van der Waals surface area (Å²) < 4.78 is 1.54. The van der Waals surface area contributed by atoms with Crippen LogP contribution in [0.25, 0.3) is 21.3 Å². The van der Waals surface area contributed by atoms with Gasteiger partial charge in [-0.25, -0.2) is 4.98 Å². The van der Waals surface area contributed by atoms with Crippen LogP contribution in [0, 0.1) is 25.2 Å². The molecule has 0 saturated heterocycles. The van der Waals surface area contributed by atoms with E-state index in [0.29, 0.717) is 10.5 Å². The molecule has 0 amide bonds. The Morgan fingerprint density at radius 1 is 1.33 bits per heavy atom. The fourth-order valence-electron chi connectivity index (χ4n) is 2.46. The lowest BCUT2D eigenvalue weighted by molar-refractivity contribution is 0.727. The van der Waals surface area contributed by atoms with Crippen LogP contribution in [0.2, 0.25) is 0 Å². The van der Waals surface area contributed by atoms with Crippen molar-refractivity contribution in [2.24, 2.45) is 7.05 Å². The summed E-state index contributed by atoms with van der Waals surface area (Å²) in [5.41, 5.74) is 4.33. The normalized spacial score (nSPS) is 12.3. The van der Waals surface area contributed by atoms with Crippen molar-refractivity contribution in [3.63, 3.8) is 0 Å². The molecule has 1 atom stereocenters. The zero-order chi connectivity index (χ0) is 17.4. The molecule has 0 fully saturated rings. The maximum Gasteiger partial charge on any atom is 0.263 e. The maximum absolute atomic E-state index is 12.9. The third-order valence-electron chi connectivity index (χ3n) is 4.06. The van der Waals surface area contributed by atoms with Gasteiger partial charge in [0.25, 0.3) is 5.56 Å². The summed E-state index contributed by atoms with van der Waals surface area (Å²) in [6.45, 7) is 5.95. The fraction of sp³-hybridized carbons (Fsp3) is 0.278. The van der Waals surface area contributed by atoms with Crippen LogP contribution in [0.15, 0.2) is 33.5 Å². The molecule has 6 heteroatoms. The molecular weight excluding hydrogens is 338 g/mol. The average Bonchev–Trinajstić information content (AvgIpc) is 2.98. The summed E-state index contributed by atoms with van der Waals surface area (Å²) in [7, 11) is 1.71. The van der Waals surface area contributed by atoms with E-state index in [9.17, 15) is 4.79 Å². The van der Waals surface area contributed by atoms with Crippen LogP contribution in [0.4, 0.5) is 0 Å². The molecule has 0 radical (unpaired) electrons. The topological polar surface area (TPSA) is 58.7 Å². The monoisotopic (exact) mass is 355 g/mol. The predicted molar refractivity (Wildman–Crippen MR) is 101 cm³/mol. The molecule has 0 saturated carbocycles. The van der Waals surface area contributed by atoms with Gasteiger partial charge >= 0.3 is 0 Å². The summed E-state index contributed by atoms with van der Waals surface area (Å²) >= 11 is 2.78. The van der Waals surface area contributed by atoms with Crippen LogP contribution in [0.5, 0.6) is 0 Å². The Bertz CT molecular complexity index is 1030. The third kappa shape index (κ3) is 2.85. The highest BCUT2D eigenvalue weighted by Gasteiger charge is 2.17. The molecule has 3 rings (SSSR count). The molecule has 0 aliphatic rings. The average molecular weight is 355 g/mol. The van der Waals surface area contributed by atoms with Gasteiger partial charge in [-0.3, -0.25) is 9.36 Å². The lowest BCUT2D eigenvalue weighted by atomic mass is 10.0. The van der Waals surface area contributed by atoms with Gasteiger partial charge < -0.3 is 0 Å². The zero-order valence-electron chi connectivity index (χ0n) is 14.0. The number of hydrogen-bond donors (Lipinski definition) is 0. The largest absolute Gasteiger partial charge is 0.290 e. The van der Waals surface area contributed by atoms with Gasteiger partial charge in [0.15, 0.2) is 5.16 Å². The lowest BCUT2D eigenvalue weighted by Gasteiger charge is -2.09. The highest BCUT2D eigenvalue weighted by Crippen LogP contribution is 2.33. The van der Waals surface area contributed by atoms with Gasteiger partial charge in [0, 0.05) is 18.0 Å². The Labute approximate surface area is 148 Å². The number of hydrogen-bond acceptors (Lipinski definition) is 5. The molecular formula is C18H17N3OS2. The number of rotatable bonds is 3. The smallest absolute Gasteiger partial charge is 0.263 e. The van der Waals surface area contributed by atoms with Gasteiger partial charge in [0.05, 0.1) is 16.7 Å². The van der Waals surface area contributed by atoms with Crippen molar-refractivity contribution in [1.29, 1.82) is 5.26 Å². The number of nitriles is 1. The van der Waals surface area contributed by atoms with Gasteiger partial charge in [-0.15, -0.1) is 11.3 Å². The van der Waals surface area contributed by atoms with Gasteiger partial charge in [-0.05, 0) is 37.5 Å². The number of aromatic nitrogens is 2. The van der Waals surface area contributed by atoms with Crippen molar-refractivity contribution in [2.75, 3.05) is 0 Å². The maximum atomic E-state index is 12.9. The standard InChI is InChI=1S/C18H17N3OS2/c1-10-5-6-13(7-11(10)2)14-9-23-16-15(14)17(22)21(4)18(20-16)24-12(3)8-19/h5-7,9,12H,1-4H3/t12-/m0/s1. The van der Waals surface area contributed by atoms with Crippen molar-refractivity contribution in [3.8, 4) is 17.2 Å². The summed E-state index contributed by atoms with van der Waals surface area (Å²) in [5, 5.41) is 12.0. The van der Waals surface area contributed by atoms with Crippen molar-refractivity contribution in [3.05, 3.63) is 45.1 Å². The predicted octanol–water partition coefficient (Wildman–Crippen LogP) is 4.28. The number of benzene rings is 1. The second-order valence-corrected chi connectivity index (χ2v) is 7.94. The minimum atomic E-state index is -0.250. The number of nitrogens with zero attached hydrogens (tertiary/aromatic N) is 3. The second kappa shape index (κ2) is 6.42. The fourth-order valence-corrected chi connectivity index (χ4v) is 4.21. The Kier molecular flexibility index (Phi) is 4.48. The van der Waals surface area contributed by atoms with Crippen molar-refractivity contribution in [1.82, 2.24) is 9.55 Å². The minimum absolute atomic E-state index is 0.0675. The van der Waals surface area contributed by atoms with Crippen LogP contribution in [-0.4, -0.2) is 14.8 Å². The first-order valence-corrected chi connectivity index (χ1v) is 9.30. The molecule has 0 aliphatic heterocycles. The van der Waals surface area contributed by atoms with E-state index in [1.165, 1.54) is 38.8 Å². The highest BCUT2D eigenvalue weighted by molar-refractivity contribution is 8.00. The van der Waals surface area contributed by atoms with E-state index in [1.807, 2.05) is 11.4 Å². The Morgan fingerprint density at radius 2 is 2.08 bits per heavy atom. The van der Waals surface area contributed by atoms with Crippen LogP contribution in [0.3, 0.4) is 0 Å². The van der Waals surface area contributed by atoms with E-state index >= 15 is 0 Å².